The average molecular weight is 394 g/mol. The van der Waals surface area contributed by atoms with E-state index >= 15 is 0 Å². The Kier molecular flexibility index (Phi) is 6.75. The monoisotopic (exact) mass is 394 g/mol. The van der Waals surface area contributed by atoms with Gasteiger partial charge in [0.05, 0.1) is 11.5 Å². The summed E-state index contributed by atoms with van der Waals surface area (Å²) in [6, 6.07) is 6.38. The van der Waals surface area contributed by atoms with Gasteiger partial charge in [0.15, 0.2) is 15.6 Å². The van der Waals surface area contributed by atoms with E-state index in [-0.39, 0.29) is 48.1 Å². The SMILES string of the molecule is CCN(C(=O)CCN(C(C)=O)c1ccc(C(C)=O)cc1)C1CCS(=O)(=O)C1. The first-order chi connectivity index (χ1) is 12.6. The molecular weight excluding hydrogens is 368 g/mol. The van der Waals surface area contributed by atoms with Crippen molar-refractivity contribution in [3.05, 3.63) is 29.8 Å². The molecular formula is C19H26N2O5S. The molecule has 0 N–H and O–H groups in total. The highest BCUT2D eigenvalue weighted by molar-refractivity contribution is 7.91. The summed E-state index contributed by atoms with van der Waals surface area (Å²) >= 11 is 0. The lowest BCUT2D eigenvalue weighted by molar-refractivity contribution is -0.132. The average Bonchev–Trinajstić information content (AvgIpc) is 2.95. The summed E-state index contributed by atoms with van der Waals surface area (Å²) in [6.45, 7) is 5.35. The molecule has 0 radical (unpaired) electrons. The van der Waals surface area contributed by atoms with Crippen LogP contribution in [0.2, 0.25) is 0 Å². The number of Topliss-reactive ketones (excluding diaryl/α,β-unsaturated/α-hetero) is 1. The van der Waals surface area contributed by atoms with E-state index in [2.05, 4.69) is 0 Å². The van der Waals surface area contributed by atoms with Gasteiger partial charge in [-0.3, -0.25) is 14.4 Å². The number of nitrogens with zero attached hydrogens (tertiary/aromatic N) is 2. The number of amides is 2. The highest BCUT2D eigenvalue weighted by atomic mass is 32.2. The molecule has 2 rings (SSSR count). The van der Waals surface area contributed by atoms with Crippen molar-refractivity contribution >= 4 is 33.1 Å². The van der Waals surface area contributed by atoms with Crippen LogP contribution in [0.25, 0.3) is 0 Å². The third-order valence-corrected chi connectivity index (χ3v) is 6.58. The van der Waals surface area contributed by atoms with Crippen LogP contribution in [0.3, 0.4) is 0 Å². The zero-order valence-electron chi connectivity index (χ0n) is 16.0. The summed E-state index contributed by atoms with van der Waals surface area (Å²) in [5.74, 6) is -0.300. The Bertz CT molecular complexity index is 817. The molecule has 8 heteroatoms. The van der Waals surface area contributed by atoms with Crippen molar-refractivity contribution in [1.82, 2.24) is 4.90 Å². The fraction of sp³-hybridized carbons (Fsp3) is 0.526. The second-order valence-corrected chi connectivity index (χ2v) is 8.99. The molecule has 2 amide bonds. The second-order valence-electron chi connectivity index (χ2n) is 6.76. The summed E-state index contributed by atoms with van der Waals surface area (Å²) in [6.07, 6.45) is 0.573. The van der Waals surface area contributed by atoms with E-state index < -0.39 is 9.84 Å². The Morgan fingerprint density at radius 2 is 1.74 bits per heavy atom. The molecule has 0 aromatic heterocycles. The minimum atomic E-state index is -3.07. The van der Waals surface area contributed by atoms with E-state index in [9.17, 15) is 22.8 Å². The third-order valence-electron chi connectivity index (χ3n) is 4.83. The predicted molar refractivity (Wildman–Crippen MR) is 104 cm³/mol. The normalized spacial score (nSPS) is 18.1. The fourth-order valence-electron chi connectivity index (χ4n) is 3.35. The molecule has 1 atom stereocenters. The van der Waals surface area contributed by atoms with Crippen molar-refractivity contribution in [3.8, 4) is 0 Å². The highest BCUT2D eigenvalue weighted by Crippen LogP contribution is 2.20. The number of rotatable bonds is 7. The largest absolute Gasteiger partial charge is 0.339 e. The number of anilines is 1. The molecule has 1 unspecified atom stereocenters. The summed E-state index contributed by atoms with van der Waals surface area (Å²) in [5.41, 5.74) is 1.17. The molecule has 1 aromatic rings. The van der Waals surface area contributed by atoms with E-state index in [0.29, 0.717) is 24.2 Å². The topological polar surface area (TPSA) is 91.8 Å². The van der Waals surface area contributed by atoms with Crippen LogP contribution in [0.15, 0.2) is 24.3 Å². The third kappa shape index (κ3) is 5.38. The van der Waals surface area contributed by atoms with Crippen LogP contribution in [-0.4, -0.2) is 61.6 Å². The Balaban J connectivity index is 2.05. The van der Waals surface area contributed by atoms with Crippen LogP contribution in [0.5, 0.6) is 0 Å². The Morgan fingerprint density at radius 3 is 2.19 bits per heavy atom. The first kappa shape index (κ1) is 21.1. The van der Waals surface area contributed by atoms with Gasteiger partial charge in [-0.25, -0.2) is 8.42 Å². The molecule has 27 heavy (non-hydrogen) atoms. The summed E-state index contributed by atoms with van der Waals surface area (Å²) in [5, 5.41) is 0. The van der Waals surface area contributed by atoms with E-state index in [0.717, 1.165) is 0 Å². The summed E-state index contributed by atoms with van der Waals surface area (Å²) < 4.78 is 23.4. The van der Waals surface area contributed by atoms with Gasteiger partial charge in [-0.15, -0.1) is 0 Å². The fourth-order valence-corrected chi connectivity index (χ4v) is 5.09. The molecule has 1 aliphatic heterocycles. The van der Waals surface area contributed by atoms with Crippen molar-refractivity contribution in [2.75, 3.05) is 29.5 Å². The maximum absolute atomic E-state index is 12.6. The van der Waals surface area contributed by atoms with Gasteiger partial charge in [0.2, 0.25) is 11.8 Å². The van der Waals surface area contributed by atoms with Gasteiger partial charge in [-0.05, 0) is 44.5 Å². The molecule has 7 nitrogen and oxygen atoms in total. The Morgan fingerprint density at radius 1 is 1.11 bits per heavy atom. The highest BCUT2D eigenvalue weighted by Gasteiger charge is 2.33. The molecule has 1 saturated heterocycles. The molecule has 1 aliphatic rings. The number of sulfone groups is 1. The number of carbonyl (C=O) groups excluding carboxylic acids is 3. The van der Waals surface area contributed by atoms with Gasteiger partial charge >= 0.3 is 0 Å². The standard InChI is InChI=1S/C19H26N2O5S/c1-4-20(18-10-12-27(25,26)13-18)19(24)9-11-21(15(3)23)17-7-5-16(6-8-17)14(2)22/h5-8,18H,4,9-13H2,1-3H3. The summed E-state index contributed by atoms with van der Waals surface area (Å²) in [7, 11) is -3.07. The van der Waals surface area contributed by atoms with Gasteiger partial charge in [0.1, 0.15) is 0 Å². The smallest absolute Gasteiger partial charge is 0.224 e. The van der Waals surface area contributed by atoms with E-state index in [1.165, 1.54) is 18.7 Å². The van der Waals surface area contributed by atoms with E-state index in [1.807, 2.05) is 6.92 Å². The van der Waals surface area contributed by atoms with Gasteiger partial charge < -0.3 is 9.80 Å². The minimum absolute atomic E-state index is 0.00944. The molecule has 0 spiro atoms. The van der Waals surface area contributed by atoms with Crippen molar-refractivity contribution in [3.63, 3.8) is 0 Å². The first-order valence-electron chi connectivity index (χ1n) is 9.03. The van der Waals surface area contributed by atoms with Crippen LogP contribution in [-0.2, 0) is 19.4 Å². The second kappa shape index (κ2) is 8.65. The van der Waals surface area contributed by atoms with Crippen LogP contribution in [0.4, 0.5) is 5.69 Å². The zero-order valence-corrected chi connectivity index (χ0v) is 16.8. The zero-order chi connectivity index (χ0) is 20.2. The molecule has 0 aliphatic carbocycles. The summed E-state index contributed by atoms with van der Waals surface area (Å²) in [4.78, 5) is 39.1. The number of hydrogen-bond donors (Lipinski definition) is 0. The Labute approximate surface area is 160 Å². The molecule has 0 bridgehead atoms. The van der Waals surface area contributed by atoms with Crippen molar-refractivity contribution in [2.45, 2.75) is 39.7 Å². The van der Waals surface area contributed by atoms with Crippen molar-refractivity contribution < 1.29 is 22.8 Å². The minimum Gasteiger partial charge on any atom is -0.339 e. The maximum Gasteiger partial charge on any atom is 0.224 e. The first-order valence-corrected chi connectivity index (χ1v) is 10.9. The van der Waals surface area contributed by atoms with Gasteiger partial charge in [-0.1, -0.05) is 0 Å². The number of benzene rings is 1. The van der Waals surface area contributed by atoms with Crippen molar-refractivity contribution in [1.29, 1.82) is 0 Å². The van der Waals surface area contributed by atoms with E-state index in [1.54, 1.807) is 29.2 Å². The molecule has 1 heterocycles. The molecule has 1 fully saturated rings. The molecule has 0 saturated carbocycles. The maximum atomic E-state index is 12.6. The Hall–Kier alpha value is -2.22. The van der Waals surface area contributed by atoms with Crippen LogP contribution in [0, 0.1) is 0 Å². The lowest BCUT2D eigenvalue weighted by atomic mass is 10.1. The van der Waals surface area contributed by atoms with Gasteiger partial charge in [-0.2, -0.15) is 0 Å². The number of carbonyl (C=O) groups is 3. The number of ketones is 1. The van der Waals surface area contributed by atoms with Gasteiger partial charge in [0, 0.05) is 43.7 Å². The lowest BCUT2D eigenvalue weighted by Crippen LogP contribution is -2.42. The van der Waals surface area contributed by atoms with Crippen LogP contribution < -0.4 is 4.90 Å². The lowest BCUT2D eigenvalue weighted by Gasteiger charge is -2.28. The number of hydrogen-bond acceptors (Lipinski definition) is 5. The molecule has 148 valence electrons. The molecule has 1 aromatic carbocycles. The van der Waals surface area contributed by atoms with E-state index in [4.69, 9.17) is 0 Å². The van der Waals surface area contributed by atoms with Crippen LogP contribution >= 0.6 is 0 Å². The van der Waals surface area contributed by atoms with Gasteiger partial charge in [0.25, 0.3) is 0 Å². The van der Waals surface area contributed by atoms with Crippen LogP contribution in [0.1, 0.15) is 44.0 Å². The quantitative estimate of drug-likeness (QED) is 0.656. The van der Waals surface area contributed by atoms with Crippen molar-refractivity contribution in [2.24, 2.45) is 0 Å². The predicted octanol–water partition coefficient (Wildman–Crippen LogP) is 1.67.